The first-order valence-electron chi connectivity index (χ1n) is 6.27. The van der Waals surface area contributed by atoms with Crippen LogP contribution in [0.4, 0.5) is 0 Å². The molecule has 0 radical (unpaired) electrons. The summed E-state index contributed by atoms with van der Waals surface area (Å²) in [5, 5.41) is 3.24. The third-order valence-corrected chi connectivity index (χ3v) is 4.21. The minimum Gasteiger partial charge on any atom is -0.300 e. The normalized spacial score (nSPS) is 20.4. The number of carbonyl (C=O) groups excluding carboxylic acids is 1. The van der Waals surface area contributed by atoms with Crippen molar-refractivity contribution in [1.29, 1.82) is 0 Å². The van der Waals surface area contributed by atoms with Gasteiger partial charge < -0.3 is 4.90 Å². The van der Waals surface area contributed by atoms with Gasteiger partial charge in [-0.3, -0.25) is 4.79 Å². The number of hydrogen-bond donors (Lipinski definition) is 0. The fourth-order valence-electron chi connectivity index (χ4n) is 2.41. The minimum atomic E-state index is 0.328. The van der Waals surface area contributed by atoms with E-state index in [0.29, 0.717) is 11.7 Å². The van der Waals surface area contributed by atoms with Crippen molar-refractivity contribution in [2.24, 2.45) is 5.92 Å². The fraction of sp³-hybridized carbons (Fsp3) is 0.692. The highest BCUT2D eigenvalue weighted by Gasteiger charge is 2.24. The molecule has 0 aliphatic heterocycles. The van der Waals surface area contributed by atoms with E-state index in [1.807, 2.05) is 6.92 Å². The topological polar surface area (TPSA) is 33.2 Å². The van der Waals surface area contributed by atoms with E-state index < -0.39 is 0 Å². The van der Waals surface area contributed by atoms with E-state index in [1.165, 1.54) is 0 Å². The average Bonchev–Trinajstić information content (AvgIpc) is 2.85. The molecule has 0 bridgehead atoms. The summed E-state index contributed by atoms with van der Waals surface area (Å²) < 4.78 is 0. The van der Waals surface area contributed by atoms with E-state index >= 15 is 0 Å². The molecule has 1 aliphatic rings. The maximum atomic E-state index is 11.5. The Morgan fingerprint density at radius 1 is 1.59 bits per heavy atom. The van der Waals surface area contributed by atoms with Crippen LogP contribution < -0.4 is 0 Å². The zero-order valence-electron chi connectivity index (χ0n) is 10.6. The van der Waals surface area contributed by atoms with Crippen molar-refractivity contribution >= 4 is 17.1 Å². The lowest BCUT2D eigenvalue weighted by Crippen LogP contribution is -2.22. The second-order valence-corrected chi connectivity index (χ2v) is 6.00. The molecule has 4 heteroatoms. The van der Waals surface area contributed by atoms with Gasteiger partial charge in [-0.15, -0.1) is 11.3 Å². The molecular formula is C13H20N2OS. The lowest BCUT2D eigenvalue weighted by molar-refractivity contribution is -0.120. The first-order valence-corrected chi connectivity index (χ1v) is 7.15. The second kappa shape index (κ2) is 5.74. The maximum absolute atomic E-state index is 11.5. The summed E-state index contributed by atoms with van der Waals surface area (Å²) in [6, 6.07) is 0. The van der Waals surface area contributed by atoms with Gasteiger partial charge in [0, 0.05) is 24.3 Å². The summed E-state index contributed by atoms with van der Waals surface area (Å²) in [5.74, 6) is 0.803. The Balaban J connectivity index is 1.74. The van der Waals surface area contributed by atoms with Crippen molar-refractivity contribution in [3.8, 4) is 0 Å². The van der Waals surface area contributed by atoms with Gasteiger partial charge in [-0.1, -0.05) is 0 Å². The monoisotopic (exact) mass is 252 g/mol. The lowest BCUT2D eigenvalue weighted by atomic mass is 10.0. The summed E-state index contributed by atoms with van der Waals surface area (Å²) >= 11 is 1.70. The van der Waals surface area contributed by atoms with E-state index in [-0.39, 0.29) is 0 Å². The van der Waals surface area contributed by atoms with Gasteiger partial charge in [-0.05, 0) is 39.8 Å². The number of hydrogen-bond acceptors (Lipinski definition) is 4. The number of Topliss-reactive ketones (excluding diaryl/α,β-unsaturated/α-hetero) is 1. The summed E-state index contributed by atoms with van der Waals surface area (Å²) in [5.41, 5.74) is 1.15. The van der Waals surface area contributed by atoms with Crippen LogP contribution in [0.25, 0.3) is 0 Å². The van der Waals surface area contributed by atoms with Gasteiger partial charge in [0.25, 0.3) is 0 Å². The third-order valence-electron chi connectivity index (χ3n) is 3.39. The molecule has 1 aromatic rings. The Kier molecular flexibility index (Phi) is 4.29. The van der Waals surface area contributed by atoms with Crippen LogP contribution in [0.1, 0.15) is 36.4 Å². The van der Waals surface area contributed by atoms with E-state index in [2.05, 4.69) is 22.3 Å². The van der Waals surface area contributed by atoms with Crippen LogP contribution in [-0.4, -0.2) is 29.3 Å². The quantitative estimate of drug-likeness (QED) is 0.807. The van der Waals surface area contributed by atoms with Gasteiger partial charge in [0.15, 0.2) is 0 Å². The minimum absolute atomic E-state index is 0.328. The number of thiazole rings is 1. The average molecular weight is 252 g/mol. The summed E-state index contributed by atoms with van der Waals surface area (Å²) in [6.07, 6.45) is 4.01. The summed E-state index contributed by atoms with van der Waals surface area (Å²) in [4.78, 5) is 18.2. The Hall–Kier alpha value is -0.740. The van der Waals surface area contributed by atoms with Crippen LogP contribution in [0.15, 0.2) is 5.38 Å². The van der Waals surface area contributed by atoms with E-state index in [0.717, 1.165) is 49.5 Å². The molecule has 0 amide bonds. The molecule has 1 heterocycles. The molecule has 2 rings (SSSR count). The highest BCUT2D eigenvalue weighted by Crippen LogP contribution is 2.24. The highest BCUT2D eigenvalue weighted by atomic mass is 32.1. The SMILES string of the molecule is Cc1nc(CN(C)CCC2CCCC2=O)cs1. The van der Waals surface area contributed by atoms with Crippen molar-refractivity contribution in [2.45, 2.75) is 39.2 Å². The molecule has 1 aliphatic carbocycles. The smallest absolute Gasteiger partial charge is 0.136 e. The lowest BCUT2D eigenvalue weighted by Gasteiger charge is -2.17. The molecule has 1 unspecified atom stereocenters. The summed E-state index contributed by atoms with van der Waals surface area (Å²) in [6.45, 7) is 3.92. The maximum Gasteiger partial charge on any atom is 0.136 e. The molecule has 0 N–H and O–H groups in total. The zero-order chi connectivity index (χ0) is 12.3. The second-order valence-electron chi connectivity index (χ2n) is 4.94. The van der Waals surface area contributed by atoms with Gasteiger partial charge in [-0.2, -0.15) is 0 Å². The molecule has 0 aromatic carbocycles. The zero-order valence-corrected chi connectivity index (χ0v) is 11.4. The molecule has 0 saturated heterocycles. The largest absolute Gasteiger partial charge is 0.300 e. The Labute approximate surface area is 107 Å². The predicted molar refractivity (Wildman–Crippen MR) is 70.2 cm³/mol. The van der Waals surface area contributed by atoms with Gasteiger partial charge in [0.05, 0.1) is 10.7 Å². The Bertz CT molecular complexity index is 389. The standard InChI is InChI=1S/C13H20N2OS/c1-10-14-12(9-17-10)8-15(2)7-6-11-4-3-5-13(11)16/h9,11H,3-8H2,1-2H3. The van der Waals surface area contributed by atoms with Gasteiger partial charge in [-0.25, -0.2) is 4.98 Å². The predicted octanol–water partition coefficient (Wildman–Crippen LogP) is 2.64. The molecule has 1 fully saturated rings. The number of carbonyl (C=O) groups is 1. The number of ketones is 1. The van der Waals surface area contributed by atoms with Crippen molar-refractivity contribution in [3.63, 3.8) is 0 Å². The van der Waals surface area contributed by atoms with Crippen LogP contribution in [0.2, 0.25) is 0 Å². The number of aryl methyl sites for hydroxylation is 1. The van der Waals surface area contributed by atoms with Crippen LogP contribution in [0.3, 0.4) is 0 Å². The van der Waals surface area contributed by atoms with Gasteiger partial charge in [0.2, 0.25) is 0 Å². The van der Waals surface area contributed by atoms with Crippen LogP contribution in [0, 0.1) is 12.8 Å². The van der Waals surface area contributed by atoms with Crippen LogP contribution >= 0.6 is 11.3 Å². The van der Waals surface area contributed by atoms with Crippen molar-refractivity contribution < 1.29 is 4.79 Å². The Morgan fingerprint density at radius 2 is 2.41 bits per heavy atom. The van der Waals surface area contributed by atoms with Crippen molar-refractivity contribution in [3.05, 3.63) is 16.1 Å². The van der Waals surface area contributed by atoms with Crippen LogP contribution in [-0.2, 0) is 11.3 Å². The third kappa shape index (κ3) is 3.61. The first kappa shape index (κ1) is 12.7. The molecule has 94 valence electrons. The van der Waals surface area contributed by atoms with E-state index in [1.54, 1.807) is 11.3 Å². The molecule has 0 spiro atoms. The fourth-order valence-corrected chi connectivity index (χ4v) is 3.01. The molecule has 1 aromatic heterocycles. The van der Waals surface area contributed by atoms with E-state index in [9.17, 15) is 4.79 Å². The first-order chi connectivity index (χ1) is 8.15. The summed E-state index contributed by atoms with van der Waals surface area (Å²) in [7, 11) is 2.11. The molecule has 1 saturated carbocycles. The number of nitrogens with zero attached hydrogens (tertiary/aromatic N) is 2. The molecule has 17 heavy (non-hydrogen) atoms. The molecule has 1 atom stereocenters. The molecular weight excluding hydrogens is 232 g/mol. The number of rotatable bonds is 5. The van der Waals surface area contributed by atoms with Gasteiger partial charge >= 0.3 is 0 Å². The van der Waals surface area contributed by atoms with Gasteiger partial charge in [0.1, 0.15) is 5.78 Å². The van der Waals surface area contributed by atoms with Crippen molar-refractivity contribution in [2.75, 3.05) is 13.6 Å². The van der Waals surface area contributed by atoms with E-state index in [4.69, 9.17) is 0 Å². The van der Waals surface area contributed by atoms with Crippen molar-refractivity contribution in [1.82, 2.24) is 9.88 Å². The van der Waals surface area contributed by atoms with Crippen LogP contribution in [0.5, 0.6) is 0 Å². The molecule has 3 nitrogen and oxygen atoms in total. The number of aromatic nitrogens is 1. The highest BCUT2D eigenvalue weighted by molar-refractivity contribution is 7.09. The Morgan fingerprint density at radius 3 is 3.00 bits per heavy atom.